The largest absolute Gasteiger partial charge is 0.391 e. The number of nitrogens with zero attached hydrogens (tertiary/aromatic N) is 1. The van der Waals surface area contributed by atoms with E-state index in [1.807, 2.05) is 0 Å². The van der Waals surface area contributed by atoms with E-state index in [1.165, 1.54) is 0 Å². The van der Waals surface area contributed by atoms with Gasteiger partial charge in [-0.05, 0) is 19.9 Å². The Morgan fingerprint density at radius 3 is 2.63 bits per heavy atom. The fourth-order valence-electron chi connectivity index (χ4n) is 2.01. The van der Waals surface area contributed by atoms with Crippen molar-refractivity contribution < 1.29 is 23.5 Å². The molecule has 112 valence electrons. The van der Waals surface area contributed by atoms with Crippen molar-refractivity contribution in [2.24, 2.45) is 5.92 Å². The smallest absolute Gasteiger partial charge is 0.325 e. The summed E-state index contributed by atoms with van der Waals surface area (Å²) in [5.41, 5.74) is 0. The lowest BCUT2D eigenvalue weighted by Crippen LogP contribution is -2.40. The maximum atomic E-state index is 12.9. The highest BCUT2D eigenvalue weighted by Gasteiger charge is 2.40. The van der Waals surface area contributed by atoms with Crippen LogP contribution >= 0.6 is 0 Å². The first-order chi connectivity index (χ1) is 8.75. The third-order valence-corrected chi connectivity index (χ3v) is 3.40. The first-order valence-corrected chi connectivity index (χ1v) is 6.44. The monoisotopic (exact) mass is 280 g/mol. The fourth-order valence-corrected chi connectivity index (χ4v) is 2.01. The Morgan fingerprint density at radius 2 is 2.16 bits per heavy atom. The van der Waals surface area contributed by atoms with Gasteiger partial charge < -0.3 is 15.3 Å². The molecule has 7 heteroatoms. The summed E-state index contributed by atoms with van der Waals surface area (Å²) in [5.74, 6) is -3.68. The summed E-state index contributed by atoms with van der Waals surface area (Å²) in [5, 5.41) is 13.8. The number of carbonyl (C=O) groups is 1. The summed E-state index contributed by atoms with van der Waals surface area (Å²) in [7, 11) is 1.71. The molecule has 0 aromatic carbocycles. The van der Waals surface area contributed by atoms with Crippen LogP contribution in [-0.4, -0.2) is 54.3 Å². The van der Waals surface area contributed by atoms with E-state index in [1.54, 1.807) is 20.9 Å². The molecule has 1 saturated heterocycles. The molecule has 2 N–H and O–H groups in total. The van der Waals surface area contributed by atoms with E-state index in [-0.39, 0.29) is 31.3 Å². The number of hydroxylamine groups is 2. The first-order valence-electron chi connectivity index (χ1n) is 6.44. The SMILES string of the molecule is CNC(C)C(O)C(C)CC(=O)ON1CCC(F)(F)C1. The Bertz CT molecular complexity index is 315. The van der Waals surface area contributed by atoms with E-state index >= 15 is 0 Å². The van der Waals surface area contributed by atoms with Crippen LogP contribution in [0.2, 0.25) is 0 Å². The van der Waals surface area contributed by atoms with Gasteiger partial charge in [-0.2, -0.15) is 0 Å². The highest BCUT2D eigenvalue weighted by Crippen LogP contribution is 2.27. The summed E-state index contributed by atoms with van der Waals surface area (Å²) in [6, 6.07) is -0.154. The average Bonchev–Trinajstić information content (AvgIpc) is 2.66. The van der Waals surface area contributed by atoms with Gasteiger partial charge in [0, 0.05) is 19.0 Å². The van der Waals surface area contributed by atoms with Crippen molar-refractivity contribution >= 4 is 5.97 Å². The predicted octanol–water partition coefficient (Wildman–Crippen LogP) is 0.781. The Labute approximate surface area is 111 Å². The van der Waals surface area contributed by atoms with Crippen LogP contribution in [0, 0.1) is 5.92 Å². The number of halogens is 2. The number of hydrogen-bond acceptors (Lipinski definition) is 5. The molecule has 0 saturated carbocycles. The number of nitrogens with one attached hydrogen (secondary N) is 1. The number of carbonyl (C=O) groups excluding carboxylic acids is 1. The van der Waals surface area contributed by atoms with E-state index in [9.17, 15) is 18.7 Å². The second-order valence-electron chi connectivity index (χ2n) is 5.18. The topological polar surface area (TPSA) is 61.8 Å². The van der Waals surface area contributed by atoms with Crippen LogP contribution in [0.1, 0.15) is 26.7 Å². The number of aliphatic hydroxyl groups is 1. The minimum atomic E-state index is -2.79. The van der Waals surface area contributed by atoms with E-state index in [0.29, 0.717) is 0 Å². The quantitative estimate of drug-likeness (QED) is 0.753. The fraction of sp³-hybridized carbons (Fsp3) is 0.917. The lowest BCUT2D eigenvalue weighted by atomic mass is 9.96. The molecular weight excluding hydrogens is 258 g/mol. The van der Waals surface area contributed by atoms with Gasteiger partial charge in [0.05, 0.1) is 19.1 Å². The third kappa shape index (κ3) is 5.00. The normalized spacial score (nSPS) is 23.9. The lowest BCUT2D eigenvalue weighted by molar-refractivity contribution is -0.191. The highest BCUT2D eigenvalue weighted by molar-refractivity contribution is 5.69. The molecule has 3 atom stereocenters. The third-order valence-electron chi connectivity index (χ3n) is 3.40. The van der Waals surface area contributed by atoms with Crippen molar-refractivity contribution in [2.45, 2.75) is 44.8 Å². The number of alkyl halides is 2. The van der Waals surface area contributed by atoms with Crippen LogP contribution in [0.5, 0.6) is 0 Å². The van der Waals surface area contributed by atoms with E-state index < -0.39 is 24.5 Å². The lowest BCUT2D eigenvalue weighted by Gasteiger charge is -2.24. The summed E-state index contributed by atoms with van der Waals surface area (Å²) in [6.45, 7) is 3.01. The number of rotatable bonds is 6. The Hall–Kier alpha value is -0.790. The molecule has 0 amide bonds. The maximum absolute atomic E-state index is 12.9. The van der Waals surface area contributed by atoms with Gasteiger partial charge in [0.25, 0.3) is 5.92 Å². The van der Waals surface area contributed by atoms with Gasteiger partial charge in [0.1, 0.15) is 0 Å². The zero-order valence-corrected chi connectivity index (χ0v) is 11.5. The van der Waals surface area contributed by atoms with Crippen molar-refractivity contribution in [1.82, 2.24) is 10.4 Å². The van der Waals surface area contributed by atoms with Crippen LogP contribution in [0.25, 0.3) is 0 Å². The van der Waals surface area contributed by atoms with Gasteiger partial charge >= 0.3 is 5.97 Å². The summed E-state index contributed by atoms with van der Waals surface area (Å²) in [6.07, 6.45) is -0.998. The van der Waals surface area contributed by atoms with E-state index in [2.05, 4.69) is 5.32 Å². The Kier molecular flexibility index (Phi) is 5.64. The summed E-state index contributed by atoms with van der Waals surface area (Å²) >= 11 is 0. The second kappa shape index (κ2) is 6.58. The molecule has 0 aromatic heterocycles. The average molecular weight is 280 g/mol. The zero-order chi connectivity index (χ0) is 14.6. The van der Waals surface area contributed by atoms with Crippen LogP contribution in [0.15, 0.2) is 0 Å². The van der Waals surface area contributed by atoms with Crippen molar-refractivity contribution in [1.29, 1.82) is 0 Å². The molecule has 0 aliphatic carbocycles. The van der Waals surface area contributed by atoms with Crippen molar-refractivity contribution in [2.75, 3.05) is 20.1 Å². The van der Waals surface area contributed by atoms with Crippen molar-refractivity contribution in [3.05, 3.63) is 0 Å². The molecule has 1 heterocycles. The minimum Gasteiger partial charge on any atom is -0.391 e. The molecule has 0 spiro atoms. The van der Waals surface area contributed by atoms with Gasteiger partial charge in [-0.3, -0.25) is 4.79 Å². The maximum Gasteiger partial charge on any atom is 0.325 e. The van der Waals surface area contributed by atoms with Gasteiger partial charge in [-0.25, -0.2) is 8.78 Å². The molecule has 1 aliphatic rings. The van der Waals surface area contributed by atoms with Crippen molar-refractivity contribution in [3.63, 3.8) is 0 Å². The molecule has 0 bridgehead atoms. The zero-order valence-electron chi connectivity index (χ0n) is 11.5. The molecule has 1 fully saturated rings. The standard InChI is InChI=1S/C12H22F2N2O3/c1-8(11(18)9(2)15-3)6-10(17)19-16-5-4-12(13,14)7-16/h8-9,11,15,18H,4-7H2,1-3H3. The number of hydrogen-bond donors (Lipinski definition) is 2. The number of likely N-dealkylation sites (N-methyl/N-ethyl adjacent to an activating group) is 1. The van der Waals surface area contributed by atoms with E-state index in [0.717, 1.165) is 5.06 Å². The van der Waals surface area contributed by atoms with Crippen LogP contribution < -0.4 is 5.32 Å². The molecule has 1 rings (SSSR count). The Balaban J connectivity index is 2.35. The minimum absolute atomic E-state index is 0.00470. The van der Waals surface area contributed by atoms with Gasteiger partial charge in [0.2, 0.25) is 0 Å². The first kappa shape index (κ1) is 16.3. The van der Waals surface area contributed by atoms with Gasteiger partial charge in [-0.1, -0.05) is 6.92 Å². The van der Waals surface area contributed by atoms with Crippen LogP contribution in [0.3, 0.4) is 0 Å². The number of aliphatic hydroxyl groups excluding tert-OH is 1. The molecule has 19 heavy (non-hydrogen) atoms. The second-order valence-corrected chi connectivity index (χ2v) is 5.18. The predicted molar refractivity (Wildman–Crippen MR) is 65.5 cm³/mol. The molecule has 5 nitrogen and oxygen atoms in total. The van der Waals surface area contributed by atoms with Gasteiger partial charge in [-0.15, -0.1) is 5.06 Å². The van der Waals surface area contributed by atoms with E-state index in [4.69, 9.17) is 4.84 Å². The molecule has 0 aromatic rings. The Morgan fingerprint density at radius 1 is 1.53 bits per heavy atom. The van der Waals surface area contributed by atoms with Crippen molar-refractivity contribution in [3.8, 4) is 0 Å². The van der Waals surface area contributed by atoms with Crippen LogP contribution in [-0.2, 0) is 9.63 Å². The molecular formula is C12H22F2N2O3. The van der Waals surface area contributed by atoms with Crippen LogP contribution in [0.4, 0.5) is 8.78 Å². The molecule has 3 unspecified atom stereocenters. The summed E-state index contributed by atoms with van der Waals surface area (Å²) in [4.78, 5) is 16.5. The highest BCUT2D eigenvalue weighted by atomic mass is 19.3. The van der Waals surface area contributed by atoms with Gasteiger partial charge in [0.15, 0.2) is 0 Å². The molecule has 1 aliphatic heterocycles. The molecule has 0 radical (unpaired) electrons. The summed E-state index contributed by atoms with van der Waals surface area (Å²) < 4.78 is 25.8.